The molecule has 0 fully saturated rings. The molecule has 0 heterocycles. The van der Waals surface area contributed by atoms with E-state index >= 15 is 0 Å². The van der Waals surface area contributed by atoms with Gasteiger partial charge in [0.2, 0.25) is 0 Å². The van der Waals surface area contributed by atoms with Gasteiger partial charge in [0, 0.05) is 0 Å². The molecule has 0 unspecified atom stereocenters. The molecular weight excluding hydrogens is 193 g/mol. The summed E-state index contributed by atoms with van der Waals surface area (Å²) in [5, 5.41) is 0. The van der Waals surface area contributed by atoms with Crippen LogP contribution >= 0.6 is 0 Å². The van der Waals surface area contributed by atoms with Gasteiger partial charge in [-0.1, -0.05) is 0 Å². The summed E-state index contributed by atoms with van der Waals surface area (Å²) in [6, 6.07) is 0. The summed E-state index contributed by atoms with van der Waals surface area (Å²) >= 11 is 0. The van der Waals surface area contributed by atoms with Gasteiger partial charge in [-0.15, -0.1) is 0 Å². The van der Waals surface area contributed by atoms with Crippen molar-refractivity contribution in [2.24, 2.45) is 0 Å². The van der Waals surface area contributed by atoms with Gasteiger partial charge in [0.1, 0.15) is 0 Å². The van der Waals surface area contributed by atoms with Crippen LogP contribution in [0.15, 0.2) is 0 Å². The maximum Gasteiger partial charge on any atom is 2.00 e. The summed E-state index contributed by atoms with van der Waals surface area (Å²) in [5.41, 5.74) is 0. The van der Waals surface area contributed by atoms with E-state index in [4.69, 9.17) is 19.2 Å². The minimum atomic E-state index is -5.61. The van der Waals surface area contributed by atoms with E-state index in [2.05, 4.69) is 0 Å². The van der Waals surface area contributed by atoms with Crippen molar-refractivity contribution in [2.75, 3.05) is 0 Å². The molecule has 0 amide bonds. The Labute approximate surface area is 113 Å². The Hall–Kier alpha value is 2.81. The van der Waals surface area contributed by atoms with E-state index in [-0.39, 0.29) is 87.3 Å². The van der Waals surface area contributed by atoms with Crippen molar-refractivity contribution in [1.82, 2.24) is 0 Å². The van der Waals surface area contributed by atoms with Crippen LogP contribution in [0.5, 0.6) is 0 Å². The van der Waals surface area contributed by atoms with Gasteiger partial charge in [-0.25, -0.2) is 0 Å². The molecule has 0 spiro atoms. The van der Waals surface area contributed by atoms with Crippen LogP contribution in [0.3, 0.4) is 0 Å². The van der Waals surface area contributed by atoms with Crippen molar-refractivity contribution in [3.63, 3.8) is 0 Å². The Kier molecular flexibility index (Phi) is 27.5. The third-order valence-electron chi connectivity index (χ3n) is 0. The zero-order chi connectivity index (χ0) is 4.50. The molecule has 0 aliphatic heterocycles. The smallest absolute Gasteiger partial charge is 0.894 e. The molecule has 0 rings (SSSR count). The van der Waals surface area contributed by atoms with Crippen LogP contribution in [0.1, 0.15) is 0 Å². The standard InChI is InChI=1S/K.Li.Mn.O4Si/c;;;1-5(2,3)4/q2*+1;+2;-4. The topological polar surface area (TPSA) is 92.2 Å². The van der Waals surface area contributed by atoms with Crippen LogP contribution in [-0.4, -0.2) is 9.05 Å². The molecule has 37 valence electrons. The predicted molar refractivity (Wildman–Crippen MR) is 5.75 cm³/mol. The maximum absolute atomic E-state index is 8.58. The summed E-state index contributed by atoms with van der Waals surface area (Å²) in [7, 11) is -5.61. The third-order valence-corrected chi connectivity index (χ3v) is 0. The van der Waals surface area contributed by atoms with Crippen molar-refractivity contribution in [2.45, 2.75) is 0 Å². The van der Waals surface area contributed by atoms with E-state index in [1.54, 1.807) is 0 Å². The molecule has 1 radical (unpaired) electrons. The Morgan fingerprint density at radius 1 is 0.875 bits per heavy atom. The second kappa shape index (κ2) is 9.81. The summed E-state index contributed by atoms with van der Waals surface area (Å²) in [6.45, 7) is 0. The van der Waals surface area contributed by atoms with Crippen molar-refractivity contribution < 1.29 is 106 Å². The molecule has 0 saturated carbocycles. The number of hydrogen-bond acceptors (Lipinski definition) is 4. The number of rotatable bonds is 0. The quantitative estimate of drug-likeness (QED) is 0.357. The summed E-state index contributed by atoms with van der Waals surface area (Å²) in [4.78, 5) is 34.3. The van der Waals surface area contributed by atoms with Gasteiger partial charge in [-0.05, 0) is 0 Å². The Bertz CT molecular complexity index is 31.5. The summed E-state index contributed by atoms with van der Waals surface area (Å²) in [5.74, 6) is 0. The molecule has 0 aliphatic carbocycles. The maximum atomic E-state index is 8.58. The van der Waals surface area contributed by atoms with Gasteiger partial charge in [-0.2, -0.15) is 0 Å². The first-order valence-electron chi connectivity index (χ1n) is 0.816. The second-order valence-electron chi connectivity index (χ2n) is 0.500. The van der Waals surface area contributed by atoms with E-state index in [0.717, 1.165) is 0 Å². The third kappa shape index (κ3) is 68.1. The molecular formula is KLiMnO4Si. The normalized spacial score (nSPS) is 7.50. The average Bonchev–Trinajstić information content (AvgIpc) is 0.722. The minimum absolute atomic E-state index is 0. The van der Waals surface area contributed by atoms with Crippen LogP contribution in [0.2, 0.25) is 0 Å². The van der Waals surface area contributed by atoms with E-state index in [0.29, 0.717) is 0 Å². The molecule has 0 bridgehead atoms. The molecule has 8 heteroatoms. The zero-order valence-corrected chi connectivity index (χ0v) is 9.81. The van der Waals surface area contributed by atoms with Crippen LogP contribution in [0.4, 0.5) is 0 Å². The Morgan fingerprint density at radius 2 is 0.875 bits per heavy atom. The van der Waals surface area contributed by atoms with Crippen molar-refractivity contribution in [1.29, 1.82) is 0 Å². The van der Waals surface area contributed by atoms with E-state index in [9.17, 15) is 0 Å². The fourth-order valence-corrected chi connectivity index (χ4v) is 0. The molecule has 0 saturated heterocycles. The molecule has 0 aromatic heterocycles. The average molecular weight is 193 g/mol. The van der Waals surface area contributed by atoms with Gasteiger partial charge in [-0.3, -0.25) is 0 Å². The van der Waals surface area contributed by atoms with Gasteiger partial charge >= 0.3 is 87.3 Å². The van der Waals surface area contributed by atoms with Gasteiger partial charge in [0.05, 0.1) is 0 Å². The van der Waals surface area contributed by atoms with Crippen molar-refractivity contribution in [3.05, 3.63) is 0 Å². The largest absolute Gasteiger partial charge is 2.00 e. The fraction of sp³-hybridized carbons (Fsp3) is 0. The number of hydrogen-bond donors (Lipinski definition) is 0. The first-order valence-corrected chi connectivity index (χ1v) is 2.45. The molecule has 0 aromatic rings. The molecule has 4 nitrogen and oxygen atoms in total. The molecule has 0 atom stereocenters. The molecule has 8 heavy (non-hydrogen) atoms. The zero-order valence-electron chi connectivity index (χ0n) is 4.51. The Balaban J connectivity index is -0.0000000267. The van der Waals surface area contributed by atoms with E-state index in [1.165, 1.54) is 0 Å². The first-order chi connectivity index (χ1) is 2.00. The van der Waals surface area contributed by atoms with Crippen LogP contribution in [0.25, 0.3) is 0 Å². The molecule has 0 aliphatic rings. The van der Waals surface area contributed by atoms with Crippen LogP contribution in [-0.2, 0) is 17.1 Å². The van der Waals surface area contributed by atoms with Crippen molar-refractivity contribution in [3.8, 4) is 0 Å². The molecule has 0 aromatic carbocycles. The van der Waals surface area contributed by atoms with Crippen LogP contribution in [0, 0.1) is 0 Å². The van der Waals surface area contributed by atoms with Crippen LogP contribution < -0.4 is 89.4 Å². The van der Waals surface area contributed by atoms with Gasteiger partial charge in [0.15, 0.2) is 0 Å². The van der Waals surface area contributed by atoms with Gasteiger partial charge in [0.25, 0.3) is 0 Å². The summed E-state index contributed by atoms with van der Waals surface area (Å²) in [6.07, 6.45) is 0. The second-order valence-corrected chi connectivity index (χ2v) is 1.50. The van der Waals surface area contributed by atoms with Gasteiger partial charge < -0.3 is 28.2 Å². The van der Waals surface area contributed by atoms with E-state index in [1.807, 2.05) is 0 Å². The summed E-state index contributed by atoms with van der Waals surface area (Å²) < 4.78 is 0. The first kappa shape index (κ1) is 22.4. The Morgan fingerprint density at radius 3 is 0.875 bits per heavy atom. The van der Waals surface area contributed by atoms with Crippen molar-refractivity contribution >= 4 is 9.05 Å². The minimum Gasteiger partial charge on any atom is -0.894 e. The fourth-order valence-electron chi connectivity index (χ4n) is 0. The van der Waals surface area contributed by atoms with E-state index < -0.39 is 9.05 Å². The SMILES string of the molecule is [K+].[Li+].[Mn+2].[O-][Si]([O-])([O-])[O-]. The monoisotopic (exact) mass is 193 g/mol. The molecule has 0 N–H and O–H groups in total. The predicted octanol–water partition coefficient (Wildman–Crippen LogP) is -11.1.